The number of hydrogen-bond donors (Lipinski definition) is 2. The van der Waals surface area contributed by atoms with Gasteiger partial charge in [-0.3, -0.25) is 4.79 Å². The normalized spacial score (nSPS) is 11.9. The third kappa shape index (κ3) is 3.45. The van der Waals surface area contributed by atoms with Crippen molar-refractivity contribution in [2.75, 3.05) is 6.26 Å². The first-order valence-corrected chi connectivity index (χ1v) is 6.35. The Morgan fingerprint density at radius 1 is 1.59 bits per heavy atom. The fraction of sp³-hybridized carbons (Fsp3) is 0.364. The number of hydrogen-bond acceptors (Lipinski definition) is 4. The first kappa shape index (κ1) is 13.5. The zero-order valence-corrected chi connectivity index (χ0v) is 10.5. The zero-order chi connectivity index (χ0) is 12.8. The Morgan fingerprint density at radius 3 is 2.82 bits per heavy atom. The molecule has 0 bridgehead atoms. The van der Waals surface area contributed by atoms with Crippen LogP contribution in [0.4, 0.5) is 0 Å². The smallest absolute Gasteiger partial charge is 0.326 e. The third-order valence-electron chi connectivity index (χ3n) is 2.22. The van der Waals surface area contributed by atoms with Crippen molar-refractivity contribution >= 4 is 23.6 Å². The second-order valence-corrected chi connectivity index (χ2v) is 4.13. The minimum absolute atomic E-state index is 0.343. The van der Waals surface area contributed by atoms with Crippen LogP contribution in [0.1, 0.15) is 23.7 Å². The first-order chi connectivity index (χ1) is 8.10. The Morgan fingerprint density at radius 2 is 2.29 bits per heavy atom. The molecule has 1 heterocycles. The molecule has 0 spiro atoms. The summed E-state index contributed by atoms with van der Waals surface area (Å²) in [6, 6.07) is 2.41. The van der Waals surface area contributed by atoms with Crippen molar-refractivity contribution < 1.29 is 14.7 Å². The number of aromatic nitrogens is 1. The summed E-state index contributed by atoms with van der Waals surface area (Å²) in [7, 11) is 0. The van der Waals surface area contributed by atoms with Crippen LogP contribution in [0.3, 0.4) is 0 Å². The molecule has 5 nitrogen and oxygen atoms in total. The molecule has 1 rings (SSSR count). The average molecular weight is 254 g/mol. The van der Waals surface area contributed by atoms with E-state index in [9.17, 15) is 9.59 Å². The molecule has 0 saturated heterocycles. The molecule has 0 fully saturated rings. The lowest BCUT2D eigenvalue weighted by Gasteiger charge is -2.13. The summed E-state index contributed by atoms with van der Waals surface area (Å²) in [4.78, 5) is 26.7. The Hall–Kier alpha value is -1.56. The number of amides is 1. The van der Waals surface area contributed by atoms with Crippen LogP contribution in [0.2, 0.25) is 0 Å². The molecular weight excluding hydrogens is 240 g/mol. The minimum Gasteiger partial charge on any atom is -0.480 e. The number of carboxylic acid groups (broad SMARTS) is 1. The van der Waals surface area contributed by atoms with Gasteiger partial charge < -0.3 is 10.4 Å². The van der Waals surface area contributed by atoms with E-state index in [0.29, 0.717) is 17.0 Å². The molecule has 0 aliphatic carbocycles. The lowest BCUT2D eigenvalue weighted by molar-refractivity contribution is -0.139. The van der Waals surface area contributed by atoms with Gasteiger partial charge in [-0.05, 0) is 24.8 Å². The predicted octanol–water partition coefficient (Wildman–Crippen LogP) is 1.40. The van der Waals surface area contributed by atoms with Crippen molar-refractivity contribution in [2.45, 2.75) is 24.4 Å². The van der Waals surface area contributed by atoms with Gasteiger partial charge in [0.05, 0.1) is 5.56 Å². The van der Waals surface area contributed by atoms with Crippen molar-refractivity contribution in [1.82, 2.24) is 10.3 Å². The number of rotatable bonds is 5. The monoisotopic (exact) mass is 254 g/mol. The summed E-state index contributed by atoms with van der Waals surface area (Å²) in [5.41, 5.74) is 0.403. The quantitative estimate of drug-likeness (QED) is 0.776. The van der Waals surface area contributed by atoms with Gasteiger partial charge in [0.2, 0.25) is 0 Å². The molecule has 0 unspecified atom stereocenters. The van der Waals surface area contributed by atoms with Crippen molar-refractivity contribution in [3.05, 3.63) is 23.9 Å². The molecule has 1 aromatic heterocycles. The summed E-state index contributed by atoms with van der Waals surface area (Å²) in [5.74, 6) is -1.44. The van der Waals surface area contributed by atoms with Crippen molar-refractivity contribution in [1.29, 1.82) is 0 Å². The maximum absolute atomic E-state index is 11.9. The van der Waals surface area contributed by atoms with Crippen LogP contribution >= 0.6 is 11.8 Å². The van der Waals surface area contributed by atoms with Gasteiger partial charge in [-0.1, -0.05) is 6.92 Å². The lowest BCUT2D eigenvalue weighted by atomic mass is 10.2. The summed E-state index contributed by atoms with van der Waals surface area (Å²) in [5, 5.41) is 11.9. The fourth-order valence-corrected chi connectivity index (χ4v) is 1.85. The molecule has 92 valence electrons. The summed E-state index contributed by atoms with van der Waals surface area (Å²) < 4.78 is 0. The van der Waals surface area contributed by atoms with E-state index in [2.05, 4.69) is 10.3 Å². The van der Waals surface area contributed by atoms with E-state index in [1.54, 1.807) is 25.3 Å². The molecule has 6 heteroatoms. The van der Waals surface area contributed by atoms with Crippen LogP contribution < -0.4 is 5.32 Å². The summed E-state index contributed by atoms with van der Waals surface area (Å²) in [6.45, 7) is 1.71. The fourth-order valence-electron chi connectivity index (χ4n) is 1.30. The van der Waals surface area contributed by atoms with E-state index in [4.69, 9.17) is 5.11 Å². The number of aliphatic carboxylic acids is 1. The van der Waals surface area contributed by atoms with Gasteiger partial charge in [0.15, 0.2) is 0 Å². The summed E-state index contributed by atoms with van der Waals surface area (Å²) in [6.07, 6.45) is 3.75. The third-order valence-corrected chi connectivity index (χ3v) is 2.93. The SMILES string of the molecule is CC[C@@H](NC(=O)c1cccnc1SC)C(=O)O. The highest BCUT2D eigenvalue weighted by Gasteiger charge is 2.20. The molecule has 0 aliphatic rings. The maximum Gasteiger partial charge on any atom is 0.326 e. The van der Waals surface area contributed by atoms with E-state index in [1.807, 2.05) is 6.26 Å². The Balaban J connectivity index is 2.86. The van der Waals surface area contributed by atoms with Gasteiger partial charge in [0.1, 0.15) is 11.1 Å². The molecule has 0 aliphatic heterocycles. The largest absolute Gasteiger partial charge is 0.480 e. The number of carbonyl (C=O) groups is 2. The van der Waals surface area contributed by atoms with Gasteiger partial charge in [0.25, 0.3) is 5.91 Å². The molecule has 17 heavy (non-hydrogen) atoms. The average Bonchev–Trinajstić information content (AvgIpc) is 2.35. The standard InChI is InChI=1S/C11H14N2O3S/c1-3-8(11(15)16)13-9(14)7-5-4-6-12-10(7)17-2/h4-6,8H,3H2,1-2H3,(H,13,14)(H,15,16)/t8-/m1/s1. The molecule has 0 saturated carbocycles. The van der Waals surface area contributed by atoms with Gasteiger partial charge in [0, 0.05) is 6.20 Å². The molecule has 1 atom stereocenters. The summed E-state index contributed by atoms with van der Waals surface area (Å²) >= 11 is 1.35. The Kier molecular flexibility index (Phi) is 4.96. The van der Waals surface area contributed by atoms with Crippen LogP contribution in [-0.2, 0) is 4.79 Å². The van der Waals surface area contributed by atoms with E-state index in [0.717, 1.165) is 0 Å². The topological polar surface area (TPSA) is 79.3 Å². The molecule has 2 N–H and O–H groups in total. The number of pyridine rings is 1. The first-order valence-electron chi connectivity index (χ1n) is 5.12. The maximum atomic E-state index is 11.9. The number of carboxylic acids is 1. The van der Waals surface area contributed by atoms with Crippen LogP contribution in [0.25, 0.3) is 0 Å². The Bertz CT molecular complexity index is 423. The highest BCUT2D eigenvalue weighted by molar-refractivity contribution is 7.98. The number of nitrogens with one attached hydrogen (secondary N) is 1. The van der Waals surface area contributed by atoms with E-state index < -0.39 is 17.9 Å². The molecule has 0 aromatic carbocycles. The zero-order valence-electron chi connectivity index (χ0n) is 9.64. The second kappa shape index (κ2) is 6.24. The highest BCUT2D eigenvalue weighted by atomic mass is 32.2. The molecule has 1 aromatic rings. The minimum atomic E-state index is -1.03. The van der Waals surface area contributed by atoms with Crippen molar-refractivity contribution in [2.24, 2.45) is 0 Å². The van der Waals surface area contributed by atoms with Crippen LogP contribution in [0.15, 0.2) is 23.4 Å². The van der Waals surface area contributed by atoms with Crippen molar-refractivity contribution in [3.8, 4) is 0 Å². The van der Waals surface area contributed by atoms with Gasteiger partial charge in [-0.15, -0.1) is 11.8 Å². The molecule has 1 amide bonds. The van der Waals surface area contributed by atoms with E-state index >= 15 is 0 Å². The molecular formula is C11H14N2O3S. The van der Waals surface area contributed by atoms with Crippen molar-refractivity contribution in [3.63, 3.8) is 0 Å². The number of nitrogens with zero attached hydrogens (tertiary/aromatic N) is 1. The predicted molar refractivity (Wildman–Crippen MR) is 65.2 cm³/mol. The lowest BCUT2D eigenvalue weighted by Crippen LogP contribution is -2.40. The number of thioether (sulfide) groups is 1. The van der Waals surface area contributed by atoms with Crippen LogP contribution in [-0.4, -0.2) is 34.3 Å². The highest BCUT2D eigenvalue weighted by Crippen LogP contribution is 2.16. The number of carbonyl (C=O) groups excluding carboxylic acids is 1. The van der Waals surface area contributed by atoms with E-state index in [-0.39, 0.29) is 0 Å². The van der Waals surface area contributed by atoms with Crippen LogP contribution in [0.5, 0.6) is 0 Å². The van der Waals surface area contributed by atoms with Gasteiger partial charge in [-0.2, -0.15) is 0 Å². The Labute approximate surface area is 104 Å². The van der Waals surface area contributed by atoms with Gasteiger partial charge in [-0.25, -0.2) is 9.78 Å². The molecule has 0 radical (unpaired) electrons. The van der Waals surface area contributed by atoms with E-state index in [1.165, 1.54) is 11.8 Å². The van der Waals surface area contributed by atoms with Gasteiger partial charge >= 0.3 is 5.97 Å². The van der Waals surface area contributed by atoms with Crippen LogP contribution in [0, 0.1) is 0 Å². The second-order valence-electron chi connectivity index (χ2n) is 3.33.